The van der Waals surface area contributed by atoms with Gasteiger partial charge in [-0.2, -0.15) is 0 Å². The molecular weight excluding hydrogens is 279 g/mol. The molecule has 100 valence electrons. The number of likely N-dealkylation sites (N-methyl/N-ethyl adjacent to an activating group) is 1. The molecule has 2 aromatic carbocycles. The topological polar surface area (TPSA) is 29.3 Å². The van der Waals surface area contributed by atoms with Gasteiger partial charge in [0.1, 0.15) is 0 Å². The quantitative estimate of drug-likeness (QED) is 0.919. The molecule has 0 aliphatic heterocycles. The molecule has 0 saturated heterocycles. The fourth-order valence-electron chi connectivity index (χ4n) is 2.08. The van der Waals surface area contributed by atoms with E-state index in [0.29, 0.717) is 16.6 Å². The first-order valence-electron chi connectivity index (χ1n) is 6.06. The Hall–Kier alpha value is -1.22. The molecule has 0 amide bonds. The first kappa shape index (κ1) is 14.2. The summed E-state index contributed by atoms with van der Waals surface area (Å²) in [6.45, 7) is 0.503. The number of nitrogens with two attached hydrogens (primary N) is 1. The highest BCUT2D eigenvalue weighted by atomic mass is 35.5. The molecule has 0 radical (unpaired) electrons. The summed E-state index contributed by atoms with van der Waals surface area (Å²) in [6, 6.07) is 15.8. The van der Waals surface area contributed by atoms with E-state index in [-0.39, 0.29) is 6.04 Å². The molecular formula is C15H16Cl2N2. The van der Waals surface area contributed by atoms with E-state index >= 15 is 0 Å². The Labute approximate surface area is 123 Å². The lowest BCUT2D eigenvalue weighted by Gasteiger charge is -2.29. The fourth-order valence-corrected chi connectivity index (χ4v) is 2.39. The smallest absolute Gasteiger partial charge is 0.0662 e. The van der Waals surface area contributed by atoms with Crippen LogP contribution in [0.4, 0.5) is 5.69 Å². The predicted molar refractivity (Wildman–Crippen MR) is 83.1 cm³/mol. The van der Waals surface area contributed by atoms with Gasteiger partial charge in [0.05, 0.1) is 16.1 Å². The van der Waals surface area contributed by atoms with Crippen molar-refractivity contribution in [3.8, 4) is 0 Å². The van der Waals surface area contributed by atoms with Crippen molar-refractivity contribution in [2.24, 2.45) is 5.73 Å². The average Bonchev–Trinajstić information content (AvgIpc) is 2.44. The highest BCUT2D eigenvalue weighted by Crippen LogP contribution is 2.29. The van der Waals surface area contributed by atoms with E-state index < -0.39 is 0 Å². The minimum Gasteiger partial charge on any atom is -0.366 e. The van der Waals surface area contributed by atoms with Crippen LogP contribution in [0.25, 0.3) is 0 Å². The maximum Gasteiger partial charge on any atom is 0.0662 e. The van der Waals surface area contributed by atoms with Crippen molar-refractivity contribution in [3.63, 3.8) is 0 Å². The highest BCUT2D eigenvalue weighted by Gasteiger charge is 2.16. The zero-order valence-corrected chi connectivity index (χ0v) is 12.2. The van der Waals surface area contributed by atoms with E-state index in [1.807, 2.05) is 37.4 Å². The first-order chi connectivity index (χ1) is 9.13. The van der Waals surface area contributed by atoms with E-state index in [2.05, 4.69) is 17.0 Å². The summed E-state index contributed by atoms with van der Waals surface area (Å²) in [5.41, 5.74) is 8.09. The number of para-hydroxylation sites is 1. The molecule has 2 N–H and O–H groups in total. The number of nitrogens with zero attached hydrogens (tertiary/aromatic N) is 1. The van der Waals surface area contributed by atoms with Crippen LogP contribution in [0.3, 0.4) is 0 Å². The van der Waals surface area contributed by atoms with E-state index in [9.17, 15) is 0 Å². The van der Waals surface area contributed by atoms with Crippen molar-refractivity contribution in [3.05, 3.63) is 64.1 Å². The predicted octanol–water partition coefficient (Wildman–Crippen LogP) is 4.13. The van der Waals surface area contributed by atoms with Gasteiger partial charge in [0.25, 0.3) is 0 Å². The van der Waals surface area contributed by atoms with E-state index in [4.69, 9.17) is 28.9 Å². The second-order valence-electron chi connectivity index (χ2n) is 4.37. The molecule has 1 atom stereocenters. The SMILES string of the molecule is CN(c1ccccc1)C(CN)c1ccc(Cl)c(Cl)c1. The molecule has 1 unspecified atom stereocenters. The van der Waals surface area contributed by atoms with Crippen molar-refractivity contribution >= 4 is 28.9 Å². The van der Waals surface area contributed by atoms with Gasteiger partial charge in [0, 0.05) is 19.3 Å². The average molecular weight is 295 g/mol. The van der Waals surface area contributed by atoms with Crippen molar-refractivity contribution < 1.29 is 0 Å². The standard InChI is InChI=1S/C15H16Cl2N2/c1-19(12-5-3-2-4-6-12)15(10-18)11-7-8-13(16)14(17)9-11/h2-9,15H,10,18H2,1H3. The van der Waals surface area contributed by atoms with Gasteiger partial charge in [-0.3, -0.25) is 0 Å². The molecule has 0 aliphatic rings. The number of halogens is 2. The van der Waals surface area contributed by atoms with Crippen LogP contribution in [0.5, 0.6) is 0 Å². The molecule has 0 fully saturated rings. The third-order valence-corrected chi connectivity index (χ3v) is 3.92. The minimum absolute atomic E-state index is 0.0668. The number of hydrogen-bond donors (Lipinski definition) is 1. The van der Waals surface area contributed by atoms with Gasteiger partial charge in [0.2, 0.25) is 0 Å². The molecule has 2 nitrogen and oxygen atoms in total. The van der Waals surface area contributed by atoms with Crippen LogP contribution in [-0.4, -0.2) is 13.6 Å². The van der Waals surface area contributed by atoms with Crippen LogP contribution in [0.1, 0.15) is 11.6 Å². The number of benzene rings is 2. The molecule has 0 aliphatic carbocycles. The van der Waals surface area contributed by atoms with Crippen LogP contribution in [0.2, 0.25) is 10.0 Å². The van der Waals surface area contributed by atoms with Crippen LogP contribution in [0, 0.1) is 0 Å². The Morgan fingerprint density at radius 1 is 1.05 bits per heavy atom. The molecule has 4 heteroatoms. The van der Waals surface area contributed by atoms with Crippen LogP contribution < -0.4 is 10.6 Å². The van der Waals surface area contributed by atoms with Crippen LogP contribution in [-0.2, 0) is 0 Å². The van der Waals surface area contributed by atoms with Crippen molar-refractivity contribution in [1.82, 2.24) is 0 Å². The Kier molecular flexibility index (Phi) is 4.70. The Bertz CT molecular complexity index is 543. The van der Waals surface area contributed by atoms with Crippen LogP contribution >= 0.6 is 23.2 Å². The van der Waals surface area contributed by atoms with Crippen molar-refractivity contribution in [2.45, 2.75) is 6.04 Å². The summed E-state index contributed by atoms with van der Waals surface area (Å²) in [5.74, 6) is 0. The lowest BCUT2D eigenvalue weighted by atomic mass is 10.1. The van der Waals surface area contributed by atoms with Gasteiger partial charge in [-0.05, 0) is 29.8 Å². The Morgan fingerprint density at radius 3 is 2.32 bits per heavy atom. The normalized spacial score (nSPS) is 12.2. The molecule has 2 rings (SSSR count). The van der Waals surface area contributed by atoms with Gasteiger partial charge >= 0.3 is 0 Å². The van der Waals surface area contributed by atoms with Crippen molar-refractivity contribution in [2.75, 3.05) is 18.5 Å². The third kappa shape index (κ3) is 3.21. The van der Waals surface area contributed by atoms with Gasteiger partial charge in [-0.1, -0.05) is 47.5 Å². The number of rotatable bonds is 4. The summed E-state index contributed by atoms with van der Waals surface area (Å²) in [4.78, 5) is 2.14. The molecule has 2 aromatic rings. The molecule has 0 aromatic heterocycles. The molecule has 0 saturated carbocycles. The van der Waals surface area contributed by atoms with Gasteiger partial charge in [-0.15, -0.1) is 0 Å². The second kappa shape index (κ2) is 6.29. The molecule has 0 heterocycles. The van der Waals surface area contributed by atoms with Crippen LogP contribution in [0.15, 0.2) is 48.5 Å². The first-order valence-corrected chi connectivity index (χ1v) is 6.82. The summed E-state index contributed by atoms with van der Waals surface area (Å²) in [5, 5.41) is 1.11. The molecule has 19 heavy (non-hydrogen) atoms. The van der Waals surface area contributed by atoms with Gasteiger partial charge < -0.3 is 10.6 Å². The summed E-state index contributed by atoms with van der Waals surface area (Å²) >= 11 is 12.0. The molecule has 0 bridgehead atoms. The van der Waals surface area contributed by atoms with E-state index in [1.165, 1.54) is 0 Å². The van der Waals surface area contributed by atoms with E-state index in [1.54, 1.807) is 6.07 Å². The Balaban J connectivity index is 2.31. The monoisotopic (exact) mass is 294 g/mol. The van der Waals surface area contributed by atoms with E-state index in [0.717, 1.165) is 11.3 Å². The van der Waals surface area contributed by atoms with Gasteiger partial charge in [-0.25, -0.2) is 0 Å². The fraction of sp³-hybridized carbons (Fsp3) is 0.200. The largest absolute Gasteiger partial charge is 0.366 e. The lowest BCUT2D eigenvalue weighted by Crippen LogP contribution is -2.30. The third-order valence-electron chi connectivity index (χ3n) is 3.18. The van der Waals surface area contributed by atoms with Crippen molar-refractivity contribution in [1.29, 1.82) is 0 Å². The second-order valence-corrected chi connectivity index (χ2v) is 5.19. The number of anilines is 1. The zero-order valence-electron chi connectivity index (χ0n) is 10.7. The minimum atomic E-state index is 0.0668. The Morgan fingerprint density at radius 2 is 1.74 bits per heavy atom. The maximum atomic E-state index is 6.07. The maximum absolute atomic E-state index is 6.07. The number of hydrogen-bond acceptors (Lipinski definition) is 2. The highest BCUT2D eigenvalue weighted by molar-refractivity contribution is 6.42. The summed E-state index contributed by atoms with van der Waals surface area (Å²) < 4.78 is 0. The van der Waals surface area contributed by atoms with Gasteiger partial charge in [0.15, 0.2) is 0 Å². The summed E-state index contributed by atoms with van der Waals surface area (Å²) in [7, 11) is 2.02. The summed E-state index contributed by atoms with van der Waals surface area (Å²) in [6.07, 6.45) is 0. The lowest BCUT2D eigenvalue weighted by molar-refractivity contribution is 0.681. The zero-order chi connectivity index (χ0) is 13.8. The molecule has 0 spiro atoms.